The zero-order valence-corrected chi connectivity index (χ0v) is 13.6. The normalized spacial score (nSPS) is 10.9. The lowest BCUT2D eigenvalue weighted by molar-refractivity contribution is -0.120. The van der Waals surface area contributed by atoms with E-state index in [9.17, 15) is 9.59 Å². The van der Waals surface area contributed by atoms with Crippen LogP contribution in [0.15, 0.2) is 44.1 Å². The zero-order chi connectivity index (χ0) is 17.1. The molecule has 0 saturated heterocycles. The third kappa shape index (κ3) is 3.53. The predicted molar refractivity (Wildman–Crippen MR) is 88.7 cm³/mol. The van der Waals surface area contributed by atoms with Gasteiger partial charge in [-0.3, -0.25) is 4.79 Å². The van der Waals surface area contributed by atoms with Gasteiger partial charge in [0.2, 0.25) is 5.91 Å². The van der Waals surface area contributed by atoms with E-state index in [2.05, 4.69) is 10.5 Å². The van der Waals surface area contributed by atoms with E-state index in [4.69, 9.17) is 8.94 Å². The Bertz CT molecular complexity index is 940. The molecule has 3 rings (SSSR count). The predicted octanol–water partition coefficient (Wildman–Crippen LogP) is 2.51. The lowest BCUT2D eigenvalue weighted by Gasteiger charge is -2.06. The molecule has 0 aliphatic rings. The van der Waals surface area contributed by atoms with Crippen LogP contribution < -0.4 is 10.9 Å². The first-order valence-corrected chi connectivity index (χ1v) is 7.79. The molecule has 0 fully saturated rings. The molecule has 0 radical (unpaired) electrons. The quantitative estimate of drug-likeness (QED) is 0.728. The molecule has 3 aromatic rings. The van der Waals surface area contributed by atoms with E-state index < -0.39 is 5.63 Å². The van der Waals surface area contributed by atoms with Crippen LogP contribution in [0.1, 0.15) is 29.5 Å². The van der Waals surface area contributed by atoms with E-state index >= 15 is 0 Å². The van der Waals surface area contributed by atoms with Crippen LogP contribution in [0.2, 0.25) is 0 Å². The molecule has 6 heteroatoms. The molecule has 0 bridgehead atoms. The summed E-state index contributed by atoms with van der Waals surface area (Å²) in [5, 5.41) is 7.42. The highest BCUT2D eigenvalue weighted by Gasteiger charge is 2.11. The van der Waals surface area contributed by atoms with Crippen LogP contribution in [0.25, 0.3) is 11.0 Å². The number of aryl methyl sites for hydroxylation is 2. The second-order valence-electron chi connectivity index (χ2n) is 5.68. The topological polar surface area (TPSA) is 85.3 Å². The number of nitrogens with zero attached hydrogens (tertiary/aromatic N) is 1. The molecule has 0 unspecified atom stereocenters. The van der Waals surface area contributed by atoms with Crippen molar-refractivity contribution in [3.63, 3.8) is 0 Å². The van der Waals surface area contributed by atoms with Crippen LogP contribution in [0.3, 0.4) is 0 Å². The summed E-state index contributed by atoms with van der Waals surface area (Å²) in [6.45, 7) is 4.17. The van der Waals surface area contributed by atoms with Crippen LogP contribution in [0.5, 0.6) is 0 Å². The maximum Gasteiger partial charge on any atom is 0.336 e. The molecule has 2 aromatic heterocycles. The van der Waals surface area contributed by atoms with E-state index in [1.54, 1.807) is 6.07 Å². The average Bonchev–Trinajstić information content (AvgIpc) is 3.00. The first-order valence-electron chi connectivity index (χ1n) is 7.79. The fraction of sp³-hybridized carbons (Fsp3) is 0.278. The third-order valence-corrected chi connectivity index (χ3v) is 3.77. The second kappa shape index (κ2) is 6.70. The summed E-state index contributed by atoms with van der Waals surface area (Å²) in [5.74, 6) is 0.408. The zero-order valence-electron chi connectivity index (χ0n) is 13.6. The Kier molecular flexibility index (Phi) is 4.46. The number of carbonyl (C=O) groups is 1. The highest BCUT2D eigenvalue weighted by Crippen LogP contribution is 2.19. The largest absolute Gasteiger partial charge is 0.423 e. The van der Waals surface area contributed by atoms with Crippen molar-refractivity contribution < 1.29 is 13.7 Å². The Balaban J connectivity index is 1.74. The Morgan fingerprint density at radius 2 is 2.08 bits per heavy atom. The molecule has 1 amide bonds. The van der Waals surface area contributed by atoms with E-state index in [0.717, 1.165) is 23.1 Å². The van der Waals surface area contributed by atoms with Gasteiger partial charge in [0, 0.05) is 17.5 Å². The lowest BCUT2D eigenvalue weighted by Crippen LogP contribution is -2.24. The van der Waals surface area contributed by atoms with Gasteiger partial charge in [-0.25, -0.2) is 4.79 Å². The molecule has 0 saturated carbocycles. The van der Waals surface area contributed by atoms with Crippen LogP contribution in [-0.2, 0) is 24.2 Å². The van der Waals surface area contributed by atoms with E-state index in [0.29, 0.717) is 16.9 Å². The molecule has 2 heterocycles. The van der Waals surface area contributed by atoms with Crippen molar-refractivity contribution in [3.05, 3.63) is 63.3 Å². The van der Waals surface area contributed by atoms with Gasteiger partial charge in [-0.05, 0) is 30.5 Å². The van der Waals surface area contributed by atoms with Crippen molar-refractivity contribution >= 4 is 16.9 Å². The molecule has 24 heavy (non-hydrogen) atoms. The Hall–Kier alpha value is -2.89. The summed E-state index contributed by atoms with van der Waals surface area (Å²) < 4.78 is 10.3. The first-order chi connectivity index (χ1) is 11.5. The number of amides is 1. The van der Waals surface area contributed by atoms with Crippen molar-refractivity contribution in [2.24, 2.45) is 0 Å². The minimum Gasteiger partial charge on any atom is -0.423 e. The number of hydrogen-bond acceptors (Lipinski definition) is 5. The fourth-order valence-electron chi connectivity index (χ4n) is 2.51. The number of nitrogens with one attached hydrogen (secondary N) is 1. The second-order valence-corrected chi connectivity index (χ2v) is 5.68. The van der Waals surface area contributed by atoms with Crippen molar-refractivity contribution in [2.45, 2.75) is 33.2 Å². The number of rotatable bonds is 5. The van der Waals surface area contributed by atoms with Gasteiger partial charge in [0.25, 0.3) is 0 Å². The van der Waals surface area contributed by atoms with Gasteiger partial charge in [-0.2, -0.15) is 0 Å². The average molecular weight is 326 g/mol. The van der Waals surface area contributed by atoms with Gasteiger partial charge in [-0.1, -0.05) is 24.2 Å². The standard InChI is InChI=1S/C18H18N2O4/c1-3-13-9-14(24-20-13)10-19-17(21)7-12-8-18(22)23-16-6-11(2)4-5-15(12)16/h4-6,8-9H,3,7,10H2,1-2H3,(H,19,21). The van der Waals surface area contributed by atoms with Gasteiger partial charge < -0.3 is 14.3 Å². The number of hydrogen-bond donors (Lipinski definition) is 1. The maximum absolute atomic E-state index is 12.2. The summed E-state index contributed by atoms with van der Waals surface area (Å²) in [6.07, 6.45) is 0.878. The molecule has 124 valence electrons. The van der Waals surface area contributed by atoms with Crippen molar-refractivity contribution in [1.29, 1.82) is 0 Å². The van der Waals surface area contributed by atoms with Crippen LogP contribution in [-0.4, -0.2) is 11.1 Å². The Labute approximate surface area is 138 Å². The molecule has 6 nitrogen and oxygen atoms in total. The first kappa shape index (κ1) is 16.0. The molecule has 0 atom stereocenters. The summed E-state index contributed by atoms with van der Waals surface area (Å²) in [5.41, 5.74) is 2.52. The molecule has 0 aliphatic carbocycles. The summed E-state index contributed by atoms with van der Waals surface area (Å²) in [4.78, 5) is 23.9. The maximum atomic E-state index is 12.2. The number of fused-ring (bicyclic) bond motifs is 1. The molecule has 1 aromatic carbocycles. The smallest absolute Gasteiger partial charge is 0.336 e. The third-order valence-electron chi connectivity index (χ3n) is 3.77. The van der Waals surface area contributed by atoms with Gasteiger partial charge >= 0.3 is 5.63 Å². The SMILES string of the molecule is CCc1cc(CNC(=O)Cc2cc(=O)oc3cc(C)ccc23)on1. The monoisotopic (exact) mass is 326 g/mol. The van der Waals surface area contributed by atoms with E-state index in [1.807, 2.05) is 32.0 Å². The van der Waals surface area contributed by atoms with Crippen LogP contribution in [0.4, 0.5) is 0 Å². The number of benzene rings is 1. The van der Waals surface area contributed by atoms with Gasteiger partial charge in [0.05, 0.1) is 18.7 Å². The van der Waals surface area contributed by atoms with Crippen molar-refractivity contribution in [1.82, 2.24) is 10.5 Å². The van der Waals surface area contributed by atoms with Gasteiger partial charge in [-0.15, -0.1) is 0 Å². The number of aromatic nitrogens is 1. The van der Waals surface area contributed by atoms with Crippen LogP contribution >= 0.6 is 0 Å². The van der Waals surface area contributed by atoms with Crippen LogP contribution in [0, 0.1) is 6.92 Å². The highest BCUT2D eigenvalue weighted by molar-refractivity contribution is 5.87. The Morgan fingerprint density at radius 3 is 2.83 bits per heavy atom. The lowest BCUT2D eigenvalue weighted by atomic mass is 10.1. The summed E-state index contributed by atoms with van der Waals surface area (Å²) in [6, 6.07) is 8.75. The van der Waals surface area contributed by atoms with Crippen molar-refractivity contribution in [2.75, 3.05) is 0 Å². The molecule has 1 N–H and O–H groups in total. The van der Waals surface area contributed by atoms with Gasteiger partial charge in [0.15, 0.2) is 5.76 Å². The Morgan fingerprint density at radius 1 is 1.25 bits per heavy atom. The van der Waals surface area contributed by atoms with E-state index in [1.165, 1.54) is 6.07 Å². The van der Waals surface area contributed by atoms with E-state index in [-0.39, 0.29) is 18.9 Å². The molecular formula is C18H18N2O4. The fourth-order valence-corrected chi connectivity index (χ4v) is 2.51. The molecule has 0 aliphatic heterocycles. The molecular weight excluding hydrogens is 308 g/mol. The highest BCUT2D eigenvalue weighted by atomic mass is 16.5. The summed E-state index contributed by atoms with van der Waals surface area (Å²) in [7, 11) is 0. The minimum atomic E-state index is -0.460. The minimum absolute atomic E-state index is 0.0972. The van der Waals surface area contributed by atoms with Crippen molar-refractivity contribution in [3.8, 4) is 0 Å². The molecule has 0 spiro atoms. The number of carbonyl (C=O) groups excluding carboxylic acids is 1. The summed E-state index contributed by atoms with van der Waals surface area (Å²) >= 11 is 0. The van der Waals surface area contributed by atoms with Gasteiger partial charge in [0.1, 0.15) is 5.58 Å².